The maximum absolute atomic E-state index is 12.3. The number of nitrogens with zero attached hydrogens (tertiary/aromatic N) is 1. The maximum atomic E-state index is 12.3. The van der Waals surface area contributed by atoms with E-state index in [0.29, 0.717) is 6.61 Å². The molecule has 2 aliphatic heterocycles. The maximum Gasteiger partial charge on any atom is 0.246 e. The average Bonchev–Trinajstić information content (AvgIpc) is 3.23. The highest BCUT2D eigenvalue weighted by molar-refractivity contribution is 5.91. The molecule has 0 unspecified atom stereocenters. The lowest BCUT2D eigenvalue weighted by Gasteiger charge is -2.39. The van der Waals surface area contributed by atoms with Crippen LogP contribution in [0.3, 0.4) is 0 Å². The van der Waals surface area contributed by atoms with Crippen molar-refractivity contribution in [1.29, 1.82) is 0 Å². The highest BCUT2D eigenvalue weighted by atomic mass is 16.5. The van der Waals surface area contributed by atoms with Crippen LogP contribution >= 0.6 is 0 Å². The molecular weight excluding hydrogens is 290 g/mol. The monoisotopic (exact) mass is 309 g/mol. The Balaban J connectivity index is 1.43. The summed E-state index contributed by atoms with van der Waals surface area (Å²) in [5.74, 6) is 0.0485. The standard InChI is InChI=1S/C19H19NO3/c21-18(6-5-15-7-12-22-13-15)20-10-8-19(9-11-20)17-4-2-1-3-16(17)14-23-19/h1-7,12-13H,8-11,14H2/b6-5+. The molecule has 0 atom stereocenters. The van der Waals surface area contributed by atoms with Gasteiger partial charge >= 0.3 is 0 Å². The number of hydrogen-bond donors (Lipinski definition) is 0. The van der Waals surface area contributed by atoms with Crippen molar-refractivity contribution in [3.8, 4) is 0 Å². The second-order valence-corrected chi connectivity index (χ2v) is 6.16. The number of carbonyl (C=O) groups is 1. The molecule has 1 amide bonds. The lowest BCUT2D eigenvalue weighted by molar-refractivity contribution is -0.133. The molecule has 0 radical (unpaired) electrons. The summed E-state index contributed by atoms with van der Waals surface area (Å²) in [4.78, 5) is 14.2. The van der Waals surface area contributed by atoms with E-state index in [-0.39, 0.29) is 11.5 Å². The second kappa shape index (κ2) is 5.70. The van der Waals surface area contributed by atoms with Gasteiger partial charge in [-0.25, -0.2) is 0 Å². The van der Waals surface area contributed by atoms with Crippen LogP contribution < -0.4 is 0 Å². The van der Waals surface area contributed by atoms with E-state index in [0.717, 1.165) is 31.5 Å². The zero-order valence-corrected chi connectivity index (χ0v) is 12.9. The van der Waals surface area contributed by atoms with Gasteiger partial charge in [-0.15, -0.1) is 0 Å². The van der Waals surface area contributed by atoms with E-state index in [1.807, 2.05) is 11.0 Å². The molecule has 4 heteroatoms. The van der Waals surface area contributed by atoms with E-state index < -0.39 is 0 Å². The van der Waals surface area contributed by atoms with Crippen LogP contribution in [0.2, 0.25) is 0 Å². The SMILES string of the molecule is O=C(/C=C/c1ccoc1)N1CCC2(CC1)OCc1ccccc12. The van der Waals surface area contributed by atoms with Gasteiger partial charge in [0.1, 0.15) is 0 Å². The quantitative estimate of drug-likeness (QED) is 0.799. The van der Waals surface area contributed by atoms with E-state index in [1.165, 1.54) is 11.1 Å². The fourth-order valence-corrected chi connectivity index (χ4v) is 3.53. The van der Waals surface area contributed by atoms with E-state index in [9.17, 15) is 4.79 Å². The Bertz CT molecular complexity index is 725. The molecule has 4 rings (SSSR count). The van der Waals surface area contributed by atoms with Crippen LogP contribution in [0, 0.1) is 0 Å². The minimum Gasteiger partial charge on any atom is -0.472 e. The van der Waals surface area contributed by atoms with Gasteiger partial charge in [-0.2, -0.15) is 0 Å². The first-order chi connectivity index (χ1) is 11.3. The van der Waals surface area contributed by atoms with Crippen molar-refractivity contribution in [3.05, 3.63) is 65.6 Å². The Labute approximate surface area is 135 Å². The van der Waals surface area contributed by atoms with Gasteiger partial charge in [0.2, 0.25) is 5.91 Å². The molecule has 1 saturated heterocycles. The molecule has 2 aliphatic rings. The van der Waals surface area contributed by atoms with Crippen molar-refractivity contribution < 1.29 is 13.9 Å². The largest absolute Gasteiger partial charge is 0.472 e. The predicted molar refractivity (Wildman–Crippen MR) is 86.5 cm³/mol. The minimum absolute atomic E-state index is 0.0485. The van der Waals surface area contributed by atoms with Crippen molar-refractivity contribution in [1.82, 2.24) is 4.90 Å². The van der Waals surface area contributed by atoms with Gasteiger partial charge in [0.05, 0.1) is 24.7 Å². The second-order valence-electron chi connectivity index (χ2n) is 6.16. The number of amides is 1. The molecule has 118 valence electrons. The first kappa shape index (κ1) is 14.3. The number of ether oxygens (including phenoxy) is 1. The van der Waals surface area contributed by atoms with Gasteiger partial charge in [0.15, 0.2) is 0 Å². The molecule has 1 aromatic heterocycles. The molecule has 3 heterocycles. The van der Waals surface area contributed by atoms with Crippen molar-refractivity contribution in [2.24, 2.45) is 0 Å². The minimum atomic E-state index is -0.193. The Hall–Kier alpha value is -2.33. The molecule has 0 bridgehead atoms. The summed E-state index contributed by atoms with van der Waals surface area (Å²) in [5.41, 5.74) is 3.30. The number of rotatable bonds is 2. The van der Waals surface area contributed by atoms with Crippen LogP contribution in [0.25, 0.3) is 6.08 Å². The predicted octanol–water partition coefficient (Wildman–Crippen LogP) is 3.34. The lowest BCUT2D eigenvalue weighted by atomic mass is 9.84. The smallest absolute Gasteiger partial charge is 0.246 e. The highest BCUT2D eigenvalue weighted by Crippen LogP contribution is 2.43. The molecule has 2 aromatic rings. The molecule has 0 aliphatic carbocycles. The number of likely N-dealkylation sites (tertiary alicyclic amines) is 1. The number of piperidine rings is 1. The number of benzene rings is 1. The summed E-state index contributed by atoms with van der Waals surface area (Å²) in [5, 5.41) is 0. The third-order valence-electron chi connectivity index (χ3n) is 4.86. The van der Waals surface area contributed by atoms with Crippen molar-refractivity contribution in [2.45, 2.75) is 25.0 Å². The highest BCUT2D eigenvalue weighted by Gasteiger charge is 2.42. The van der Waals surface area contributed by atoms with E-state index in [4.69, 9.17) is 9.15 Å². The zero-order valence-electron chi connectivity index (χ0n) is 12.9. The lowest BCUT2D eigenvalue weighted by Crippen LogP contribution is -2.44. The number of carbonyl (C=O) groups excluding carboxylic acids is 1. The number of furan rings is 1. The van der Waals surface area contributed by atoms with Gasteiger partial charge in [0.25, 0.3) is 0 Å². The van der Waals surface area contributed by atoms with Crippen LogP contribution in [-0.2, 0) is 21.7 Å². The summed E-state index contributed by atoms with van der Waals surface area (Å²) >= 11 is 0. The van der Waals surface area contributed by atoms with E-state index in [2.05, 4.69) is 24.3 Å². The van der Waals surface area contributed by atoms with E-state index in [1.54, 1.807) is 24.7 Å². The van der Waals surface area contributed by atoms with Gasteiger partial charge in [-0.3, -0.25) is 4.79 Å². The molecular formula is C19H19NO3. The molecule has 0 N–H and O–H groups in total. The fraction of sp³-hybridized carbons (Fsp3) is 0.316. The Morgan fingerprint density at radius 2 is 2.00 bits per heavy atom. The van der Waals surface area contributed by atoms with Crippen LogP contribution in [0.5, 0.6) is 0 Å². The fourth-order valence-electron chi connectivity index (χ4n) is 3.53. The normalized spacial score (nSPS) is 19.4. The third-order valence-corrected chi connectivity index (χ3v) is 4.86. The van der Waals surface area contributed by atoms with Crippen LogP contribution in [-0.4, -0.2) is 23.9 Å². The van der Waals surface area contributed by atoms with Crippen molar-refractivity contribution in [2.75, 3.05) is 13.1 Å². The summed E-state index contributed by atoms with van der Waals surface area (Å²) in [6.07, 6.45) is 8.34. The summed E-state index contributed by atoms with van der Waals surface area (Å²) in [6.45, 7) is 2.14. The third kappa shape index (κ3) is 2.59. The number of hydrogen-bond acceptors (Lipinski definition) is 3. The Morgan fingerprint density at radius 3 is 2.78 bits per heavy atom. The topological polar surface area (TPSA) is 42.7 Å². The zero-order chi connectivity index (χ0) is 15.7. The molecule has 4 nitrogen and oxygen atoms in total. The molecule has 0 saturated carbocycles. The summed E-state index contributed by atoms with van der Waals surface area (Å²) in [6, 6.07) is 10.3. The molecule has 23 heavy (non-hydrogen) atoms. The summed E-state index contributed by atoms with van der Waals surface area (Å²) < 4.78 is 11.1. The van der Waals surface area contributed by atoms with Crippen molar-refractivity contribution in [3.63, 3.8) is 0 Å². The average molecular weight is 309 g/mol. The summed E-state index contributed by atoms with van der Waals surface area (Å²) in [7, 11) is 0. The first-order valence-corrected chi connectivity index (χ1v) is 7.98. The van der Waals surface area contributed by atoms with Gasteiger partial charge in [-0.1, -0.05) is 24.3 Å². The molecule has 1 spiro atoms. The first-order valence-electron chi connectivity index (χ1n) is 7.98. The Kier molecular flexibility index (Phi) is 3.54. The van der Waals surface area contributed by atoms with Crippen LogP contribution in [0.15, 0.2) is 53.4 Å². The molecule has 1 fully saturated rings. The van der Waals surface area contributed by atoms with E-state index >= 15 is 0 Å². The van der Waals surface area contributed by atoms with Gasteiger partial charge < -0.3 is 14.1 Å². The number of fused-ring (bicyclic) bond motifs is 2. The van der Waals surface area contributed by atoms with Gasteiger partial charge in [-0.05, 0) is 36.1 Å². The Morgan fingerprint density at radius 1 is 1.17 bits per heavy atom. The van der Waals surface area contributed by atoms with Crippen LogP contribution in [0.1, 0.15) is 29.5 Å². The van der Waals surface area contributed by atoms with Crippen LogP contribution in [0.4, 0.5) is 0 Å². The molecule has 1 aromatic carbocycles. The van der Waals surface area contributed by atoms with Crippen molar-refractivity contribution >= 4 is 12.0 Å². The van der Waals surface area contributed by atoms with Gasteiger partial charge in [0, 0.05) is 24.7 Å².